The number of nitrogens with zero attached hydrogens (tertiary/aromatic N) is 3. The van der Waals surface area contributed by atoms with Crippen LogP contribution in [0.1, 0.15) is 30.9 Å². The van der Waals surface area contributed by atoms with Crippen LogP contribution in [0.2, 0.25) is 0 Å². The molecule has 1 N–H and O–H groups in total. The van der Waals surface area contributed by atoms with Gasteiger partial charge in [-0.15, -0.1) is 0 Å². The number of hydrogen-bond acceptors (Lipinski definition) is 5. The van der Waals surface area contributed by atoms with E-state index in [4.69, 9.17) is 4.99 Å². The Hall–Kier alpha value is -3.56. The molecule has 0 spiro atoms. The predicted molar refractivity (Wildman–Crippen MR) is 147 cm³/mol. The number of amides is 1. The summed E-state index contributed by atoms with van der Waals surface area (Å²) in [5.74, 6) is -1.42. The molecule has 3 aromatic rings. The van der Waals surface area contributed by atoms with Crippen LogP contribution in [0, 0.1) is 5.82 Å². The highest BCUT2D eigenvalue weighted by Crippen LogP contribution is 2.37. The van der Waals surface area contributed by atoms with E-state index in [1.807, 2.05) is 49.3 Å². The third-order valence-corrected chi connectivity index (χ3v) is 8.43. The van der Waals surface area contributed by atoms with Crippen molar-refractivity contribution in [3.63, 3.8) is 0 Å². The zero-order valence-corrected chi connectivity index (χ0v) is 22.2. The molecule has 1 aliphatic rings. The Morgan fingerprint density at radius 3 is 2.30 bits per heavy atom. The van der Waals surface area contributed by atoms with Gasteiger partial charge in [-0.25, -0.2) is 12.8 Å². The zero-order valence-electron chi connectivity index (χ0n) is 21.3. The number of rotatable bonds is 9. The summed E-state index contributed by atoms with van der Waals surface area (Å²) in [6.07, 6.45) is 0. The van der Waals surface area contributed by atoms with Gasteiger partial charge in [-0.05, 0) is 75.5 Å². The van der Waals surface area contributed by atoms with E-state index in [0.717, 1.165) is 5.56 Å². The number of aliphatic imine (C=N–C) groups is 1. The maximum atomic E-state index is 13.8. The number of benzene rings is 3. The molecule has 1 unspecified atom stereocenters. The van der Waals surface area contributed by atoms with E-state index in [-0.39, 0.29) is 5.91 Å². The van der Waals surface area contributed by atoms with Crippen molar-refractivity contribution in [2.45, 2.75) is 25.0 Å². The topological polar surface area (TPSA) is 82.1 Å². The van der Waals surface area contributed by atoms with Crippen molar-refractivity contribution in [2.75, 3.05) is 36.8 Å². The van der Waals surface area contributed by atoms with Gasteiger partial charge in [0, 0.05) is 18.8 Å². The fourth-order valence-corrected chi connectivity index (χ4v) is 5.45. The second kappa shape index (κ2) is 10.8. The molecule has 194 valence electrons. The molecule has 1 amide bonds. The van der Waals surface area contributed by atoms with E-state index in [2.05, 4.69) is 5.32 Å². The maximum absolute atomic E-state index is 13.8. The van der Waals surface area contributed by atoms with Crippen molar-refractivity contribution in [1.82, 2.24) is 4.90 Å². The average Bonchev–Trinajstić information content (AvgIpc) is 3.18. The molecule has 0 aromatic heterocycles. The number of sulfonamides is 1. The highest BCUT2D eigenvalue weighted by atomic mass is 32.2. The Morgan fingerprint density at radius 2 is 1.68 bits per heavy atom. The van der Waals surface area contributed by atoms with Crippen molar-refractivity contribution in [3.05, 3.63) is 89.7 Å². The summed E-state index contributed by atoms with van der Waals surface area (Å²) in [5, 5.41) is 2.19. The molecule has 0 bridgehead atoms. The van der Waals surface area contributed by atoms with Gasteiger partial charge in [0.2, 0.25) is 15.9 Å². The van der Waals surface area contributed by atoms with Crippen molar-refractivity contribution < 1.29 is 17.6 Å². The molecule has 0 fully saturated rings. The minimum Gasteiger partial charge on any atom is -0.325 e. The Balaban J connectivity index is 1.75. The molecule has 0 radical (unpaired) electrons. The second-order valence-corrected chi connectivity index (χ2v) is 11.9. The first-order chi connectivity index (χ1) is 17.6. The Morgan fingerprint density at radius 1 is 1.00 bits per heavy atom. The lowest BCUT2D eigenvalue weighted by Gasteiger charge is -2.27. The van der Waals surface area contributed by atoms with Gasteiger partial charge in [0.15, 0.2) is 0 Å². The molecule has 1 heterocycles. The van der Waals surface area contributed by atoms with Crippen LogP contribution in [0.15, 0.2) is 77.8 Å². The van der Waals surface area contributed by atoms with E-state index in [9.17, 15) is 17.6 Å². The van der Waals surface area contributed by atoms with Crippen LogP contribution in [0.3, 0.4) is 0 Å². The zero-order chi connectivity index (χ0) is 26.7. The Labute approximate surface area is 217 Å². The molecular formula is C28H31FN4O3S. The fraction of sp³-hybridized carbons (Fsp3) is 0.286. The van der Waals surface area contributed by atoms with Gasteiger partial charge in [0.25, 0.3) is 0 Å². The van der Waals surface area contributed by atoms with E-state index in [1.165, 1.54) is 16.4 Å². The minimum absolute atomic E-state index is 0.280. The first kappa shape index (κ1) is 26.5. The fourth-order valence-electron chi connectivity index (χ4n) is 4.19. The summed E-state index contributed by atoms with van der Waals surface area (Å²) in [6.45, 7) is 4.22. The minimum atomic E-state index is -3.54. The third kappa shape index (κ3) is 5.73. The van der Waals surface area contributed by atoms with Crippen LogP contribution in [-0.2, 0) is 14.8 Å². The lowest BCUT2D eigenvalue weighted by atomic mass is 9.90. The number of anilines is 2. The van der Waals surface area contributed by atoms with Crippen LogP contribution in [0.5, 0.6) is 0 Å². The van der Waals surface area contributed by atoms with Crippen LogP contribution < -0.4 is 9.62 Å². The van der Waals surface area contributed by atoms with Gasteiger partial charge in [-0.3, -0.25) is 14.1 Å². The first-order valence-electron chi connectivity index (χ1n) is 12.1. The normalized spacial score (nSPS) is 15.7. The van der Waals surface area contributed by atoms with Crippen LogP contribution in [-0.4, -0.2) is 57.4 Å². The van der Waals surface area contributed by atoms with Gasteiger partial charge >= 0.3 is 0 Å². The average molecular weight is 523 g/mol. The first-order valence-corrected chi connectivity index (χ1v) is 13.6. The standard InChI is InChI=1S/C28H31FN4O3S/c1-19(2)37(35,36)33(17-16-32(3)4)23-13-11-22(12-14-23)30-27(20-8-6-5-7-9-20)26-24-15-10-21(29)18-25(24)31-28(26)34/h5-15,18-19,26H,16-17H2,1-4H3,(H,31,34). The molecule has 7 nitrogen and oxygen atoms in total. The molecule has 0 saturated heterocycles. The summed E-state index contributed by atoms with van der Waals surface area (Å²) < 4.78 is 41.3. The van der Waals surface area contributed by atoms with E-state index < -0.39 is 27.0 Å². The SMILES string of the molecule is CC(C)S(=O)(=O)N(CCN(C)C)c1ccc(N=C(c2ccccc2)C2C(=O)Nc3cc(F)ccc32)cc1. The molecule has 0 saturated carbocycles. The van der Waals surface area contributed by atoms with Crippen molar-refractivity contribution in [3.8, 4) is 0 Å². The number of halogens is 1. The van der Waals surface area contributed by atoms with Crippen molar-refractivity contribution in [1.29, 1.82) is 0 Å². The second-order valence-electron chi connectivity index (χ2n) is 9.50. The smallest absolute Gasteiger partial charge is 0.238 e. The number of carbonyl (C=O) groups is 1. The van der Waals surface area contributed by atoms with E-state index >= 15 is 0 Å². The van der Waals surface area contributed by atoms with E-state index in [1.54, 1.807) is 44.2 Å². The Bertz CT molecular complexity index is 1410. The summed E-state index contributed by atoms with van der Waals surface area (Å²) >= 11 is 0. The molecule has 1 aliphatic heterocycles. The highest BCUT2D eigenvalue weighted by molar-refractivity contribution is 7.93. The van der Waals surface area contributed by atoms with Crippen molar-refractivity contribution in [2.24, 2.45) is 4.99 Å². The summed E-state index contributed by atoms with van der Waals surface area (Å²) in [5.41, 5.74) is 3.50. The van der Waals surface area contributed by atoms with Gasteiger partial charge in [0.1, 0.15) is 11.7 Å². The highest BCUT2D eigenvalue weighted by Gasteiger charge is 2.35. The molecule has 9 heteroatoms. The van der Waals surface area contributed by atoms with E-state index in [0.29, 0.717) is 41.4 Å². The number of nitrogens with one attached hydrogen (secondary N) is 1. The van der Waals surface area contributed by atoms with Crippen molar-refractivity contribution >= 4 is 38.7 Å². The third-order valence-electron chi connectivity index (χ3n) is 6.23. The monoisotopic (exact) mass is 522 g/mol. The number of carbonyl (C=O) groups excluding carboxylic acids is 1. The van der Waals surface area contributed by atoms with Crippen LogP contribution in [0.4, 0.5) is 21.5 Å². The lowest BCUT2D eigenvalue weighted by Crippen LogP contribution is -2.40. The van der Waals surface area contributed by atoms with Gasteiger partial charge in [-0.1, -0.05) is 36.4 Å². The summed E-state index contributed by atoms with van der Waals surface area (Å²) in [4.78, 5) is 19.8. The number of likely N-dealkylation sites (N-methyl/N-ethyl adjacent to an activating group) is 1. The number of hydrogen-bond donors (Lipinski definition) is 1. The van der Waals surface area contributed by atoms with Crippen LogP contribution >= 0.6 is 0 Å². The van der Waals surface area contributed by atoms with Gasteiger partial charge in [-0.2, -0.15) is 0 Å². The largest absolute Gasteiger partial charge is 0.325 e. The molecular weight excluding hydrogens is 491 g/mol. The van der Waals surface area contributed by atoms with Crippen LogP contribution in [0.25, 0.3) is 0 Å². The maximum Gasteiger partial charge on any atom is 0.238 e. The summed E-state index contributed by atoms with van der Waals surface area (Å²) in [7, 11) is 0.259. The lowest BCUT2D eigenvalue weighted by molar-refractivity contribution is -0.115. The quantitative estimate of drug-likeness (QED) is 0.410. The molecule has 4 rings (SSSR count). The molecule has 1 atom stereocenters. The molecule has 37 heavy (non-hydrogen) atoms. The Kier molecular flexibility index (Phi) is 7.75. The predicted octanol–water partition coefficient (Wildman–Crippen LogP) is 4.79. The summed E-state index contributed by atoms with van der Waals surface area (Å²) in [6, 6.07) is 20.6. The molecule has 0 aliphatic carbocycles. The molecule has 3 aromatic carbocycles. The van der Waals surface area contributed by atoms with Gasteiger partial charge in [0.05, 0.1) is 22.3 Å². The number of fused-ring (bicyclic) bond motifs is 1. The van der Waals surface area contributed by atoms with Gasteiger partial charge < -0.3 is 10.2 Å².